The van der Waals surface area contributed by atoms with Crippen LogP contribution in [0.15, 0.2) is 75.8 Å². The molecule has 1 aliphatic rings. The van der Waals surface area contributed by atoms with E-state index < -0.39 is 39.2 Å². The quantitative estimate of drug-likeness (QED) is 0.446. The van der Waals surface area contributed by atoms with E-state index in [-0.39, 0.29) is 4.90 Å². The van der Waals surface area contributed by atoms with Gasteiger partial charge in [-0.3, -0.25) is 4.79 Å². The van der Waals surface area contributed by atoms with Gasteiger partial charge in [0.05, 0.1) is 16.9 Å². The molecule has 1 N–H and O–H groups in total. The largest absolute Gasteiger partial charge is 0.481 e. The highest BCUT2D eigenvalue weighted by atomic mass is 32.2. The van der Waals surface area contributed by atoms with Crippen LogP contribution in [0.1, 0.15) is 35.4 Å². The SMILES string of the molecule is CC[C@@H]1[C@@H](Sc2ccc(C)cc2)[C@@H](C(=O)O)[C@H](c2cccs2)N1S(=O)(=O)c1ccc(C)cc1. The molecule has 0 aliphatic carbocycles. The van der Waals surface area contributed by atoms with E-state index in [2.05, 4.69) is 0 Å². The fourth-order valence-corrected chi connectivity index (χ4v) is 8.88. The molecule has 33 heavy (non-hydrogen) atoms. The Kier molecular flexibility index (Phi) is 7.00. The predicted octanol–water partition coefficient (Wildman–Crippen LogP) is 5.75. The van der Waals surface area contributed by atoms with Crippen LogP contribution in [0.3, 0.4) is 0 Å². The molecule has 4 atom stereocenters. The third kappa shape index (κ3) is 4.62. The Morgan fingerprint density at radius 1 is 1.03 bits per heavy atom. The lowest BCUT2D eigenvalue weighted by Gasteiger charge is -2.29. The normalized spacial score (nSPS) is 23.6. The fraction of sp³-hybridized carbons (Fsp3) is 0.320. The minimum atomic E-state index is -3.93. The lowest BCUT2D eigenvalue weighted by Crippen LogP contribution is -2.39. The monoisotopic (exact) mass is 501 g/mol. The summed E-state index contributed by atoms with van der Waals surface area (Å²) in [4.78, 5) is 14.5. The fourth-order valence-electron chi connectivity index (χ4n) is 4.46. The van der Waals surface area contributed by atoms with Crippen molar-refractivity contribution in [2.24, 2.45) is 5.92 Å². The Bertz CT molecular complexity index is 1210. The topological polar surface area (TPSA) is 74.7 Å². The Labute approximate surface area is 203 Å². The zero-order valence-corrected chi connectivity index (χ0v) is 21.2. The van der Waals surface area contributed by atoms with E-state index in [1.54, 1.807) is 24.3 Å². The highest BCUT2D eigenvalue weighted by Crippen LogP contribution is 2.52. The maximum atomic E-state index is 14.0. The summed E-state index contributed by atoms with van der Waals surface area (Å²) >= 11 is 2.87. The molecule has 0 spiro atoms. The summed E-state index contributed by atoms with van der Waals surface area (Å²) in [5, 5.41) is 11.8. The number of carboxylic acid groups (broad SMARTS) is 1. The van der Waals surface area contributed by atoms with Crippen LogP contribution in [0.5, 0.6) is 0 Å². The molecule has 174 valence electrons. The second-order valence-electron chi connectivity index (χ2n) is 8.34. The molecule has 1 aliphatic heterocycles. The Balaban J connectivity index is 1.86. The number of hydrogen-bond donors (Lipinski definition) is 1. The average Bonchev–Trinajstić information content (AvgIpc) is 3.41. The molecule has 1 fully saturated rings. The van der Waals surface area contributed by atoms with Gasteiger partial charge < -0.3 is 5.11 Å². The van der Waals surface area contributed by atoms with Gasteiger partial charge >= 0.3 is 5.97 Å². The van der Waals surface area contributed by atoms with Crippen LogP contribution in [0, 0.1) is 19.8 Å². The molecule has 0 amide bonds. The van der Waals surface area contributed by atoms with Gasteiger partial charge in [0.15, 0.2) is 0 Å². The number of carboxylic acids is 1. The summed E-state index contributed by atoms with van der Waals surface area (Å²) in [6.45, 7) is 5.84. The number of aliphatic carboxylic acids is 1. The molecule has 0 radical (unpaired) electrons. The molecule has 2 aromatic carbocycles. The number of thioether (sulfide) groups is 1. The van der Waals surface area contributed by atoms with Gasteiger partial charge in [-0.25, -0.2) is 8.42 Å². The number of thiophene rings is 1. The highest BCUT2D eigenvalue weighted by molar-refractivity contribution is 8.00. The average molecular weight is 502 g/mol. The second kappa shape index (κ2) is 9.62. The summed E-state index contributed by atoms with van der Waals surface area (Å²) in [5.74, 6) is -1.85. The zero-order chi connectivity index (χ0) is 23.8. The van der Waals surface area contributed by atoms with E-state index >= 15 is 0 Å². The first-order valence-corrected chi connectivity index (χ1v) is 14.0. The molecule has 5 nitrogen and oxygen atoms in total. The number of sulfonamides is 1. The number of hydrogen-bond acceptors (Lipinski definition) is 5. The first kappa shape index (κ1) is 24.0. The zero-order valence-electron chi connectivity index (χ0n) is 18.7. The molecular weight excluding hydrogens is 474 g/mol. The van der Waals surface area contributed by atoms with Crippen LogP contribution < -0.4 is 0 Å². The van der Waals surface area contributed by atoms with Crippen molar-refractivity contribution in [3.63, 3.8) is 0 Å². The highest BCUT2D eigenvalue weighted by Gasteiger charge is 2.57. The maximum Gasteiger partial charge on any atom is 0.309 e. The maximum absolute atomic E-state index is 14.0. The van der Waals surface area contributed by atoms with Crippen molar-refractivity contribution in [2.75, 3.05) is 0 Å². The first-order chi connectivity index (χ1) is 15.7. The van der Waals surface area contributed by atoms with Crippen LogP contribution >= 0.6 is 23.1 Å². The number of nitrogens with zero attached hydrogens (tertiary/aromatic N) is 1. The minimum Gasteiger partial charge on any atom is -0.481 e. The molecule has 1 saturated heterocycles. The van der Waals surface area contributed by atoms with Crippen LogP contribution in [0.4, 0.5) is 0 Å². The molecule has 2 heterocycles. The third-order valence-electron chi connectivity index (χ3n) is 6.10. The Hall–Kier alpha value is -2.13. The van der Waals surface area contributed by atoms with Crippen molar-refractivity contribution in [1.82, 2.24) is 4.31 Å². The van der Waals surface area contributed by atoms with E-state index in [1.165, 1.54) is 27.4 Å². The lowest BCUT2D eigenvalue weighted by molar-refractivity contribution is -0.142. The van der Waals surface area contributed by atoms with Crippen molar-refractivity contribution >= 4 is 39.1 Å². The van der Waals surface area contributed by atoms with E-state index in [9.17, 15) is 18.3 Å². The van der Waals surface area contributed by atoms with Crippen molar-refractivity contribution in [2.45, 2.75) is 54.3 Å². The van der Waals surface area contributed by atoms with Crippen LogP contribution in [0.25, 0.3) is 0 Å². The summed E-state index contributed by atoms with van der Waals surface area (Å²) in [5.41, 5.74) is 2.08. The number of aryl methyl sites for hydroxylation is 2. The van der Waals surface area contributed by atoms with Gasteiger partial charge in [-0.05, 0) is 56.0 Å². The standard InChI is InChI=1S/C25H27NO4S3/c1-4-20-24(32-18-11-7-16(2)8-12-18)22(25(27)28)23(21-6-5-15-31-21)26(20)33(29,30)19-13-9-17(3)10-14-19/h5-15,20,22-24H,4H2,1-3H3,(H,27,28)/t20-,22+,23+,24-/m1/s1. The van der Waals surface area contributed by atoms with Gasteiger partial charge in [0.25, 0.3) is 0 Å². The predicted molar refractivity (Wildman–Crippen MR) is 133 cm³/mol. The number of benzene rings is 2. The van der Waals surface area contributed by atoms with Gasteiger partial charge in [0.2, 0.25) is 10.0 Å². The molecule has 0 saturated carbocycles. The molecule has 0 bridgehead atoms. The van der Waals surface area contributed by atoms with Crippen molar-refractivity contribution < 1.29 is 18.3 Å². The van der Waals surface area contributed by atoms with Crippen LogP contribution in [0.2, 0.25) is 0 Å². The Morgan fingerprint density at radius 3 is 2.15 bits per heavy atom. The Morgan fingerprint density at radius 2 is 1.64 bits per heavy atom. The number of carbonyl (C=O) groups is 1. The summed E-state index contributed by atoms with van der Waals surface area (Å²) in [7, 11) is -3.93. The van der Waals surface area contributed by atoms with E-state index in [0.29, 0.717) is 6.42 Å². The molecule has 0 unspecified atom stereocenters. The summed E-state index contributed by atoms with van der Waals surface area (Å²) in [6, 6.07) is 17.2. The van der Waals surface area contributed by atoms with Gasteiger partial charge in [-0.15, -0.1) is 23.1 Å². The minimum absolute atomic E-state index is 0.193. The number of rotatable bonds is 7. The second-order valence-corrected chi connectivity index (χ2v) is 12.4. The van der Waals surface area contributed by atoms with Crippen molar-refractivity contribution in [3.8, 4) is 0 Å². The molecule has 3 aromatic rings. The molecule has 1 aromatic heterocycles. The smallest absolute Gasteiger partial charge is 0.309 e. The molecule has 8 heteroatoms. The lowest BCUT2D eigenvalue weighted by atomic mass is 9.97. The van der Waals surface area contributed by atoms with Crippen molar-refractivity contribution in [1.29, 1.82) is 0 Å². The molecule has 4 rings (SSSR count). The van der Waals surface area contributed by atoms with Gasteiger partial charge in [0, 0.05) is 21.1 Å². The van der Waals surface area contributed by atoms with Gasteiger partial charge in [0.1, 0.15) is 0 Å². The summed E-state index contributed by atoms with van der Waals surface area (Å²) in [6.07, 6.45) is 0.514. The van der Waals surface area contributed by atoms with Crippen LogP contribution in [-0.4, -0.2) is 35.1 Å². The van der Waals surface area contributed by atoms with Crippen LogP contribution in [-0.2, 0) is 14.8 Å². The molecular formula is C25H27NO4S3. The van der Waals surface area contributed by atoms with Gasteiger partial charge in [-0.1, -0.05) is 48.4 Å². The third-order valence-corrected chi connectivity index (χ3v) is 10.4. The van der Waals surface area contributed by atoms with E-state index in [1.807, 2.05) is 62.5 Å². The summed E-state index contributed by atoms with van der Waals surface area (Å²) < 4.78 is 29.4. The first-order valence-electron chi connectivity index (χ1n) is 10.8. The van der Waals surface area contributed by atoms with E-state index in [4.69, 9.17) is 0 Å². The van der Waals surface area contributed by atoms with E-state index in [0.717, 1.165) is 20.9 Å². The van der Waals surface area contributed by atoms with Gasteiger partial charge in [-0.2, -0.15) is 4.31 Å². The van der Waals surface area contributed by atoms with Crippen molar-refractivity contribution in [3.05, 3.63) is 82.0 Å².